The van der Waals surface area contributed by atoms with Crippen LogP contribution in [0.4, 0.5) is 5.69 Å². The lowest BCUT2D eigenvalue weighted by Gasteiger charge is -2.09. The second kappa shape index (κ2) is 4.58. The molecule has 0 aromatic heterocycles. The maximum Gasteiger partial charge on any atom is 0.168 e. The molecule has 0 amide bonds. The summed E-state index contributed by atoms with van der Waals surface area (Å²) in [5, 5.41) is 3.24. The topological polar surface area (TPSA) is 38.0 Å². The van der Waals surface area contributed by atoms with Crippen molar-refractivity contribution in [3.8, 4) is 0 Å². The van der Waals surface area contributed by atoms with Gasteiger partial charge in [0.15, 0.2) is 5.11 Å². The standard InChI is InChI=1S/C9H11BrN2S/c1-2-6-5-7(10)3-4-8(6)12-9(11)13/h3-5H,2H2,1H3,(H3,11,12,13). The lowest BCUT2D eigenvalue weighted by atomic mass is 10.1. The van der Waals surface area contributed by atoms with Gasteiger partial charge in [-0.15, -0.1) is 0 Å². The van der Waals surface area contributed by atoms with E-state index in [-0.39, 0.29) is 0 Å². The highest BCUT2D eigenvalue weighted by Crippen LogP contribution is 2.21. The fraction of sp³-hybridized carbons (Fsp3) is 0.222. The molecule has 1 rings (SSSR count). The summed E-state index contributed by atoms with van der Waals surface area (Å²) in [7, 11) is 0. The molecule has 0 atom stereocenters. The van der Waals surface area contributed by atoms with Crippen molar-refractivity contribution in [2.75, 3.05) is 5.32 Å². The molecule has 13 heavy (non-hydrogen) atoms. The molecule has 2 nitrogen and oxygen atoms in total. The van der Waals surface area contributed by atoms with Gasteiger partial charge >= 0.3 is 0 Å². The Bertz CT molecular complexity index is 325. The summed E-state index contributed by atoms with van der Waals surface area (Å²) in [6.07, 6.45) is 0.949. The van der Waals surface area contributed by atoms with E-state index in [1.165, 1.54) is 5.56 Å². The number of anilines is 1. The molecule has 0 aliphatic heterocycles. The molecule has 1 aromatic carbocycles. The Labute approximate surface area is 91.6 Å². The number of benzene rings is 1. The molecular formula is C9H11BrN2S. The van der Waals surface area contributed by atoms with Crippen molar-refractivity contribution in [2.24, 2.45) is 5.73 Å². The first-order valence-electron chi connectivity index (χ1n) is 3.98. The molecule has 0 aliphatic carbocycles. The molecule has 0 saturated carbocycles. The number of rotatable bonds is 2. The molecule has 4 heteroatoms. The Morgan fingerprint density at radius 1 is 1.62 bits per heavy atom. The molecule has 70 valence electrons. The zero-order chi connectivity index (χ0) is 9.84. The van der Waals surface area contributed by atoms with E-state index in [1.54, 1.807) is 0 Å². The Hall–Kier alpha value is -0.610. The van der Waals surface area contributed by atoms with Gasteiger partial charge in [0.05, 0.1) is 0 Å². The normalized spacial score (nSPS) is 9.69. The largest absolute Gasteiger partial charge is 0.376 e. The summed E-state index contributed by atoms with van der Waals surface area (Å²) in [5.41, 5.74) is 7.58. The van der Waals surface area contributed by atoms with Crippen LogP contribution in [0.1, 0.15) is 12.5 Å². The Kier molecular flexibility index (Phi) is 3.69. The van der Waals surface area contributed by atoms with Crippen LogP contribution in [0.3, 0.4) is 0 Å². The average molecular weight is 259 g/mol. The molecule has 0 fully saturated rings. The highest BCUT2D eigenvalue weighted by Gasteiger charge is 2.01. The van der Waals surface area contributed by atoms with Crippen LogP contribution in [-0.2, 0) is 6.42 Å². The van der Waals surface area contributed by atoms with Crippen LogP contribution in [0.25, 0.3) is 0 Å². The fourth-order valence-electron chi connectivity index (χ4n) is 1.11. The maximum atomic E-state index is 5.39. The third kappa shape index (κ3) is 2.97. The van der Waals surface area contributed by atoms with Gasteiger partial charge in [0.2, 0.25) is 0 Å². The number of aryl methyl sites for hydroxylation is 1. The predicted molar refractivity (Wildman–Crippen MR) is 63.9 cm³/mol. The summed E-state index contributed by atoms with van der Waals surface area (Å²) < 4.78 is 1.07. The van der Waals surface area contributed by atoms with Crippen molar-refractivity contribution in [2.45, 2.75) is 13.3 Å². The first-order valence-corrected chi connectivity index (χ1v) is 5.18. The van der Waals surface area contributed by atoms with Crippen molar-refractivity contribution in [3.63, 3.8) is 0 Å². The van der Waals surface area contributed by atoms with Crippen molar-refractivity contribution < 1.29 is 0 Å². The minimum atomic E-state index is 0.303. The number of nitrogens with two attached hydrogens (primary N) is 1. The number of halogens is 1. The van der Waals surface area contributed by atoms with E-state index >= 15 is 0 Å². The lowest BCUT2D eigenvalue weighted by Crippen LogP contribution is -2.19. The van der Waals surface area contributed by atoms with E-state index in [1.807, 2.05) is 12.1 Å². The number of hydrogen-bond acceptors (Lipinski definition) is 1. The van der Waals surface area contributed by atoms with Crippen LogP contribution in [0.2, 0.25) is 0 Å². The van der Waals surface area contributed by atoms with Crippen LogP contribution < -0.4 is 11.1 Å². The fourth-order valence-corrected chi connectivity index (χ4v) is 1.63. The van der Waals surface area contributed by atoms with Gasteiger partial charge in [0.25, 0.3) is 0 Å². The minimum absolute atomic E-state index is 0.303. The number of nitrogens with one attached hydrogen (secondary N) is 1. The summed E-state index contributed by atoms with van der Waals surface area (Å²) >= 11 is 8.18. The Morgan fingerprint density at radius 3 is 2.85 bits per heavy atom. The lowest BCUT2D eigenvalue weighted by molar-refractivity contribution is 1.14. The smallest absolute Gasteiger partial charge is 0.168 e. The zero-order valence-electron chi connectivity index (χ0n) is 7.30. The monoisotopic (exact) mass is 258 g/mol. The van der Waals surface area contributed by atoms with Crippen molar-refractivity contribution >= 4 is 38.9 Å². The Balaban J connectivity index is 2.99. The molecule has 0 bridgehead atoms. The zero-order valence-corrected chi connectivity index (χ0v) is 9.71. The molecule has 0 saturated heterocycles. The summed E-state index contributed by atoms with van der Waals surface area (Å²) in [4.78, 5) is 0. The molecule has 0 spiro atoms. The molecule has 0 heterocycles. The van der Waals surface area contributed by atoms with Crippen LogP contribution in [0, 0.1) is 0 Å². The van der Waals surface area contributed by atoms with E-state index in [0.717, 1.165) is 16.6 Å². The van der Waals surface area contributed by atoms with Gasteiger partial charge in [-0.25, -0.2) is 0 Å². The van der Waals surface area contributed by atoms with E-state index in [9.17, 15) is 0 Å². The third-order valence-corrected chi connectivity index (χ3v) is 2.30. The molecule has 0 radical (unpaired) electrons. The first-order chi connectivity index (χ1) is 6.13. The van der Waals surface area contributed by atoms with Crippen LogP contribution >= 0.6 is 28.1 Å². The minimum Gasteiger partial charge on any atom is -0.376 e. The van der Waals surface area contributed by atoms with Gasteiger partial charge < -0.3 is 11.1 Å². The summed E-state index contributed by atoms with van der Waals surface area (Å²) in [6, 6.07) is 5.97. The third-order valence-electron chi connectivity index (χ3n) is 1.71. The van der Waals surface area contributed by atoms with E-state index in [4.69, 9.17) is 18.0 Å². The molecule has 3 N–H and O–H groups in total. The summed E-state index contributed by atoms with van der Waals surface area (Å²) in [5.74, 6) is 0. The van der Waals surface area contributed by atoms with E-state index < -0.39 is 0 Å². The molecule has 0 unspecified atom stereocenters. The van der Waals surface area contributed by atoms with Gasteiger partial charge in [-0.1, -0.05) is 22.9 Å². The average Bonchev–Trinajstić information content (AvgIpc) is 2.07. The van der Waals surface area contributed by atoms with E-state index in [2.05, 4.69) is 34.2 Å². The highest BCUT2D eigenvalue weighted by molar-refractivity contribution is 9.10. The van der Waals surface area contributed by atoms with Gasteiger partial charge in [0, 0.05) is 10.2 Å². The molecule has 1 aromatic rings. The maximum absolute atomic E-state index is 5.39. The second-order valence-electron chi connectivity index (χ2n) is 2.64. The highest BCUT2D eigenvalue weighted by atomic mass is 79.9. The first kappa shape index (κ1) is 10.5. The predicted octanol–water partition coefficient (Wildman–Crippen LogP) is 2.67. The van der Waals surface area contributed by atoms with Crippen LogP contribution in [0.5, 0.6) is 0 Å². The molecular weight excluding hydrogens is 248 g/mol. The van der Waals surface area contributed by atoms with Crippen molar-refractivity contribution in [1.82, 2.24) is 0 Å². The van der Waals surface area contributed by atoms with Gasteiger partial charge in [-0.3, -0.25) is 0 Å². The quantitative estimate of drug-likeness (QED) is 0.802. The number of hydrogen-bond donors (Lipinski definition) is 2. The van der Waals surface area contributed by atoms with Crippen LogP contribution in [0.15, 0.2) is 22.7 Å². The van der Waals surface area contributed by atoms with Gasteiger partial charge in [0.1, 0.15) is 0 Å². The van der Waals surface area contributed by atoms with Crippen LogP contribution in [-0.4, -0.2) is 5.11 Å². The SMILES string of the molecule is CCc1cc(Br)ccc1NC(N)=S. The second-order valence-corrected chi connectivity index (χ2v) is 4.00. The van der Waals surface area contributed by atoms with Crippen molar-refractivity contribution in [1.29, 1.82) is 0 Å². The summed E-state index contributed by atoms with van der Waals surface area (Å²) in [6.45, 7) is 2.09. The van der Waals surface area contributed by atoms with Gasteiger partial charge in [-0.2, -0.15) is 0 Å². The van der Waals surface area contributed by atoms with Crippen molar-refractivity contribution in [3.05, 3.63) is 28.2 Å². The molecule has 0 aliphatic rings. The van der Waals surface area contributed by atoms with Gasteiger partial charge in [-0.05, 0) is 42.4 Å². The Morgan fingerprint density at radius 2 is 2.31 bits per heavy atom. The number of thiocarbonyl (C=S) groups is 1. The van der Waals surface area contributed by atoms with E-state index in [0.29, 0.717) is 5.11 Å².